The van der Waals surface area contributed by atoms with Crippen LogP contribution < -0.4 is 5.56 Å². The number of aromatic hydroxyl groups is 1. The Bertz CT molecular complexity index is 957. The molecule has 0 amide bonds. The van der Waals surface area contributed by atoms with Gasteiger partial charge in [0.15, 0.2) is 5.69 Å². The zero-order chi connectivity index (χ0) is 19.3. The lowest BCUT2D eigenvalue weighted by molar-refractivity contribution is -0.384. The molecule has 0 bridgehead atoms. The van der Waals surface area contributed by atoms with Crippen molar-refractivity contribution in [3.8, 4) is 11.9 Å². The van der Waals surface area contributed by atoms with E-state index in [0.717, 1.165) is 4.57 Å². The summed E-state index contributed by atoms with van der Waals surface area (Å²) in [7, 11) is 0. The average Bonchev–Trinajstić information content (AvgIpc) is 2.62. The number of nitrogens with zero attached hydrogens (tertiary/aromatic N) is 5. The minimum Gasteiger partial charge on any atom is -0.493 e. The summed E-state index contributed by atoms with van der Waals surface area (Å²) in [5, 5.41) is 46.6. The van der Waals surface area contributed by atoms with Crippen molar-refractivity contribution in [2.75, 3.05) is 6.61 Å². The molecule has 26 heavy (non-hydrogen) atoms. The van der Waals surface area contributed by atoms with Gasteiger partial charge in [-0.3, -0.25) is 19.5 Å². The van der Waals surface area contributed by atoms with E-state index < -0.39 is 16.4 Å². The van der Waals surface area contributed by atoms with Gasteiger partial charge in [0, 0.05) is 30.8 Å². The van der Waals surface area contributed by atoms with Crippen molar-refractivity contribution in [3.05, 3.63) is 55.9 Å². The maximum absolute atomic E-state index is 12.5. The van der Waals surface area contributed by atoms with E-state index in [1.54, 1.807) is 0 Å². The van der Waals surface area contributed by atoms with E-state index in [2.05, 4.69) is 10.2 Å². The number of rotatable bonds is 6. The predicted molar refractivity (Wildman–Crippen MR) is 90.8 cm³/mol. The second-order valence-corrected chi connectivity index (χ2v) is 5.29. The van der Waals surface area contributed by atoms with E-state index in [1.807, 2.05) is 6.07 Å². The van der Waals surface area contributed by atoms with Crippen LogP contribution in [0.15, 0.2) is 39.3 Å². The minimum absolute atomic E-state index is 0.0101. The van der Waals surface area contributed by atoms with Crippen LogP contribution in [0, 0.1) is 28.4 Å². The van der Waals surface area contributed by atoms with Crippen molar-refractivity contribution in [3.63, 3.8) is 0 Å². The number of hydrogen-bond acceptors (Lipinski definition) is 8. The zero-order valence-electron chi connectivity index (χ0n) is 13.8. The Labute approximate surface area is 147 Å². The molecule has 2 rings (SSSR count). The summed E-state index contributed by atoms with van der Waals surface area (Å²) in [5.74, 6) is -0.488. The molecule has 10 heteroatoms. The van der Waals surface area contributed by atoms with Gasteiger partial charge in [-0.15, -0.1) is 5.11 Å². The number of aromatic nitrogens is 1. The van der Waals surface area contributed by atoms with Gasteiger partial charge in [-0.1, -0.05) is 0 Å². The monoisotopic (exact) mass is 357 g/mol. The number of nitriles is 1. The lowest BCUT2D eigenvalue weighted by atomic mass is 10.1. The fourth-order valence-electron chi connectivity index (χ4n) is 2.24. The average molecular weight is 357 g/mol. The Morgan fingerprint density at radius 3 is 2.50 bits per heavy atom. The number of hydrogen-bond donors (Lipinski definition) is 2. The fourth-order valence-corrected chi connectivity index (χ4v) is 2.24. The van der Waals surface area contributed by atoms with Crippen molar-refractivity contribution in [2.24, 2.45) is 10.2 Å². The van der Waals surface area contributed by atoms with Gasteiger partial charge in [-0.2, -0.15) is 10.4 Å². The van der Waals surface area contributed by atoms with Crippen LogP contribution >= 0.6 is 0 Å². The maximum Gasteiger partial charge on any atom is 0.281 e. The number of nitro groups is 1. The van der Waals surface area contributed by atoms with Gasteiger partial charge >= 0.3 is 0 Å². The highest BCUT2D eigenvalue weighted by Gasteiger charge is 2.18. The third kappa shape index (κ3) is 3.73. The van der Waals surface area contributed by atoms with Crippen molar-refractivity contribution >= 4 is 17.1 Å². The van der Waals surface area contributed by atoms with Gasteiger partial charge in [0.25, 0.3) is 11.2 Å². The van der Waals surface area contributed by atoms with E-state index >= 15 is 0 Å². The molecule has 1 aromatic carbocycles. The molecular weight excluding hydrogens is 342 g/mol. The molecule has 2 N–H and O–H groups in total. The molecule has 0 saturated carbocycles. The third-order valence-electron chi connectivity index (χ3n) is 3.63. The largest absolute Gasteiger partial charge is 0.493 e. The van der Waals surface area contributed by atoms with Crippen LogP contribution in [0.25, 0.3) is 0 Å². The van der Waals surface area contributed by atoms with Crippen LogP contribution in [0.5, 0.6) is 5.88 Å². The van der Waals surface area contributed by atoms with E-state index in [0.29, 0.717) is 0 Å². The summed E-state index contributed by atoms with van der Waals surface area (Å²) in [6, 6.07) is 7.05. The smallest absolute Gasteiger partial charge is 0.281 e. The molecule has 1 heterocycles. The van der Waals surface area contributed by atoms with Crippen LogP contribution in [0.1, 0.15) is 17.5 Å². The molecule has 0 aliphatic heterocycles. The number of aliphatic hydroxyl groups is 1. The molecule has 0 atom stereocenters. The number of non-ortho nitro benzene ring substituents is 1. The molecule has 2 aromatic rings. The molecule has 0 aliphatic carbocycles. The first-order chi connectivity index (χ1) is 12.4. The Hall–Kier alpha value is -3.58. The molecule has 1 aromatic heterocycles. The second-order valence-electron chi connectivity index (χ2n) is 5.29. The van der Waals surface area contributed by atoms with Crippen molar-refractivity contribution in [1.29, 1.82) is 5.26 Å². The van der Waals surface area contributed by atoms with E-state index in [1.165, 1.54) is 31.2 Å². The number of aliphatic hydroxyl groups excluding tert-OH is 1. The van der Waals surface area contributed by atoms with Gasteiger partial charge in [-0.25, -0.2) is 0 Å². The van der Waals surface area contributed by atoms with Crippen LogP contribution in [-0.4, -0.2) is 26.3 Å². The van der Waals surface area contributed by atoms with E-state index in [-0.39, 0.29) is 47.8 Å². The van der Waals surface area contributed by atoms with Crippen molar-refractivity contribution in [1.82, 2.24) is 4.57 Å². The second kappa shape index (κ2) is 8.00. The topological polar surface area (TPSA) is 154 Å². The lowest BCUT2D eigenvalue weighted by Crippen LogP contribution is -2.22. The molecule has 0 radical (unpaired) electrons. The van der Waals surface area contributed by atoms with Gasteiger partial charge in [0.05, 0.1) is 10.6 Å². The summed E-state index contributed by atoms with van der Waals surface area (Å²) in [6.07, 6.45) is 0.209. The molecule has 0 aliphatic rings. The zero-order valence-corrected chi connectivity index (χ0v) is 13.8. The molecule has 10 nitrogen and oxygen atoms in total. The highest BCUT2D eigenvalue weighted by Crippen LogP contribution is 2.27. The van der Waals surface area contributed by atoms with E-state index in [9.17, 15) is 25.3 Å². The normalized spacial score (nSPS) is 10.8. The van der Waals surface area contributed by atoms with Gasteiger partial charge in [-0.05, 0) is 25.5 Å². The Balaban J connectivity index is 2.49. The first kappa shape index (κ1) is 18.8. The summed E-state index contributed by atoms with van der Waals surface area (Å²) in [6.45, 7) is 1.28. The number of pyridine rings is 1. The Morgan fingerprint density at radius 1 is 1.31 bits per heavy atom. The Kier molecular flexibility index (Phi) is 5.77. The van der Waals surface area contributed by atoms with Crippen LogP contribution in [-0.2, 0) is 6.54 Å². The van der Waals surface area contributed by atoms with Gasteiger partial charge < -0.3 is 10.2 Å². The van der Waals surface area contributed by atoms with Gasteiger partial charge in [0.2, 0.25) is 5.88 Å². The molecule has 0 fully saturated rings. The first-order valence-electron chi connectivity index (χ1n) is 7.54. The summed E-state index contributed by atoms with van der Waals surface area (Å²) in [4.78, 5) is 22.6. The SMILES string of the molecule is Cc1c(C#N)c(O)n(CCCO)c(=O)c1N=Nc1ccc([N+](=O)[O-])cc1. The minimum atomic E-state index is -0.655. The third-order valence-corrected chi connectivity index (χ3v) is 3.63. The quantitative estimate of drug-likeness (QED) is 0.459. The van der Waals surface area contributed by atoms with Gasteiger partial charge in [0.1, 0.15) is 11.6 Å². The standard InChI is InChI=1S/C16H15N5O5/c1-10-13(9-17)15(23)20(7-2-8-22)16(24)14(10)19-18-11-3-5-12(6-4-11)21(25)26/h3-6,22-23H,2,7-8H2,1H3. The molecular formula is C16H15N5O5. The summed E-state index contributed by atoms with van der Waals surface area (Å²) >= 11 is 0. The molecule has 134 valence electrons. The number of nitro benzene ring substituents is 1. The molecule has 0 saturated heterocycles. The van der Waals surface area contributed by atoms with Crippen LogP contribution in [0.3, 0.4) is 0 Å². The van der Waals surface area contributed by atoms with Crippen molar-refractivity contribution in [2.45, 2.75) is 19.9 Å². The highest BCUT2D eigenvalue weighted by molar-refractivity contribution is 5.56. The maximum atomic E-state index is 12.5. The number of benzene rings is 1. The highest BCUT2D eigenvalue weighted by atomic mass is 16.6. The Morgan fingerprint density at radius 2 is 1.96 bits per heavy atom. The van der Waals surface area contributed by atoms with E-state index in [4.69, 9.17) is 5.11 Å². The van der Waals surface area contributed by atoms with Crippen LogP contribution in [0.2, 0.25) is 0 Å². The summed E-state index contributed by atoms with van der Waals surface area (Å²) < 4.78 is 0.950. The predicted octanol–water partition coefficient (Wildman–Crippen LogP) is 2.44. The molecule has 0 spiro atoms. The van der Waals surface area contributed by atoms with Crippen molar-refractivity contribution < 1.29 is 15.1 Å². The summed E-state index contributed by atoms with van der Waals surface area (Å²) in [5.41, 5.74) is -0.555. The lowest BCUT2D eigenvalue weighted by Gasteiger charge is -2.12. The van der Waals surface area contributed by atoms with Crippen LogP contribution in [0.4, 0.5) is 17.1 Å². The first-order valence-corrected chi connectivity index (χ1v) is 7.54. The number of azo groups is 1. The fraction of sp³-hybridized carbons (Fsp3) is 0.250. The molecule has 0 unspecified atom stereocenters.